The Morgan fingerprint density at radius 3 is 2.42 bits per heavy atom. The van der Waals surface area contributed by atoms with Crippen molar-refractivity contribution in [3.63, 3.8) is 0 Å². The van der Waals surface area contributed by atoms with E-state index in [1.165, 1.54) is 11.0 Å². The van der Waals surface area contributed by atoms with E-state index in [9.17, 15) is 40.4 Å². The molecular weight excluding hydrogens is 718 g/mol. The third kappa shape index (κ3) is 8.11. The number of ether oxygens (including phenoxy) is 1. The number of sulfonamides is 1. The highest BCUT2D eigenvalue weighted by atomic mass is 32.2. The fraction of sp³-hybridized carbons (Fsp3) is 0.459. The number of nitrogens with one attached hydrogen (secondary N) is 3. The van der Waals surface area contributed by atoms with Crippen LogP contribution in [0.3, 0.4) is 0 Å². The molecule has 1 aliphatic heterocycles. The molecule has 5 atom stereocenters. The van der Waals surface area contributed by atoms with Crippen molar-refractivity contribution in [3.8, 4) is 5.88 Å². The Morgan fingerprint density at radius 2 is 1.79 bits per heavy atom. The van der Waals surface area contributed by atoms with E-state index in [0.717, 1.165) is 11.5 Å². The van der Waals surface area contributed by atoms with Crippen LogP contribution in [-0.4, -0.2) is 71.5 Å². The number of halogens is 4. The van der Waals surface area contributed by atoms with Crippen LogP contribution >= 0.6 is 0 Å². The molecule has 3 aromatic rings. The quantitative estimate of drug-likeness (QED) is 0.170. The number of likely N-dealkylation sites (tertiary alicyclic amines) is 1. The van der Waals surface area contributed by atoms with Crippen LogP contribution in [-0.2, 0) is 30.6 Å². The second-order valence-electron chi connectivity index (χ2n) is 14.6. The summed E-state index contributed by atoms with van der Waals surface area (Å²) in [5.74, 6) is -4.16. The van der Waals surface area contributed by atoms with Gasteiger partial charge in [-0.05, 0) is 60.4 Å². The zero-order chi connectivity index (χ0) is 37.8. The number of hydrogen-bond acceptors (Lipinski definition) is 8. The average molecular weight is 762 g/mol. The van der Waals surface area contributed by atoms with Gasteiger partial charge in [0.25, 0.3) is 5.91 Å². The molecule has 0 radical (unpaired) electrons. The van der Waals surface area contributed by atoms with E-state index in [1.54, 1.807) is 45.2 Å². The molecule has 2 aliphatic carbocycles. The standard InChI is InChI=1S/C36H39F4N5O6S.CH4/c1-5-21-18-35(21,33(48)44-52(49,50)24-11-12-24)43-30(46)28-17-23(51-31-25-9-7-6-8-20(25)14-15-41-31)19-45(28)32(47)29(34(2,3)4)42-22-10-13-27(37)26(16-22)36(38,39)40;/h5-10,13-16,21,23-24,28-29,42H,1,11-12,17-19H2,2-4H3,(H,43,46)(H,44,48);1H4/t21-,23-,28+,29-,35-;/m1./s1. The smallest absolute Gasteiger partial charge is 0.419 e. The minimum Gasteiger partial charge on any atom is -0.472 e. The van der Waals surface area contributed by atoms with E-state index in [4.69, 9.17) is 4.74 Å². The van der Waals surface area contributed by atoms with Crippen LogP contribution in [0.1, 0.15) is 59.4 Å². The first-order chi connectivity index (χ1) is 24.3. The summed E-state index contributed by atoms with van der Waals surface area (Å²) in [5.41, 5.74) is -4.27. The van der Waals surface area contributed by atoms with Crippen LogP contribution in [0.2, 0.25) is 0 Å². The van der Waals surface area contributed by atoms with E-state index in [2.05, 4.69) is 26.9 Å². The molecule has 0 unspecified atom stereocenters. The van der Waals surface area contributed by atoms with Crippen molar-refractivity contribution in [1.29, 1.82) is 0 Å². The van der Waals surface area contributed by atoms with Gasteiger partial charge in [-0.2, -0.15) is 13.2 Å². The highest BCUT2D eigenvalue weighted by Crippen LogP contribution is 2.46. The first-order valence-corrected chi connectivity index (χ1v) is 18.3. The van der Waals surface area contributed by atoms with E-state index in [-0.39, 0.29) is 38.4 Å². The molecule has 3 fully saturated rings. The van der Waals surface area contributed by atoms with Crippen LogP contribution in [0.4, 0.5) is 23.2 Å². The zero-order valence-electron chi connectivity index (χ0n) is 28.7. The van der Waals surface area contributed by atoms with E-state index in [1.807, 2.05) is 12.1 Å². The maximum Gasteiger partial charge on any atom is 0.419 e. The lowest BCUT2D eigenvalue weighted by Gasteiger charge is -2.36. The molecule has 6 rings (SSSR count). The normalized spacial score (nSPS) is 23.4. The number of fused-ring (bicyclic) bond motifs is 1. The lowest BCUT2D eigenvalue weighted by atomic mass is 9.85. The molecule has 2 heterocycles. The summed E-state index contributed by atoms with van der Waals surface area (Å²) in [5, 5.41) is 6.37. The number of nitrogens with zero attached hydrogens (tertiary/aromatic N) is 2. The molecule has 3 aliphatic rings. The van der Waals surface area contributed by atoms with Gasteiger partial charge in [-0.15, -0.1) is 6.58 Å². The van der Waals surface area contributed by atoms with Gasteiger partial charge in [0, 0.05) is 29.6 Å². The maximum absolute atomic E-state index is 14.5. The van der Waals surface area contributed by atoms with Crippen molar-refractivity contribution in [2.75, 3.05) is 11.9 Å². The molecular formula is C37H43F4N5O6S. The Hall–Kier alpha value is -4.73. The second kappa shape index (κ2) is 14.3. The Morgan fingerprint density at radius 1 is 1.09 bits per heavy atom. The summed E-state index contributed by atoms with van der Waals surface area (Å²) < 4.78 is 88.5. The summed E-state index contributed by atoms with van der Waals surface area (Å²) >= 11 is 0. The molecule has 16 heteroatoms. The molecule has 0 bridgehead atoms. The van der Waals surface area contributed by atoms with Crippen LogP contribution in [0, 0.1) is 17.2 Å². The first kappa shape index (κ1) is 39.5. The fourth-order valence-electron chi connectivity index (χ4n) is 6.55. The monoisotopic (exact) mass is 761 g/mol. The third-order valence-corrected chi connectivity index (χ3v) is 11.5. The number of hydrogen-bond donors (Lipinski definition) is 3. The van der Waals surface area contributed by atoms with Gasteiger partial charge in [-0.25, -0.2) is 17.8 Å². The topological polar surface area (TPSA) is 147 Å². The number of benzene rings is 2. The zero-order valence-corrected chi connectivity index (χ0v) is 29.5. The number of carbonyl (C=O) groups is 3. The molecule has 53 heavy (non-hydrogen) atoms. The van der Waals surface area contributed by atoms with Gasteiger partial charge in [-0.3, -0.25) is 19.1 Å². The van der Waals surface area contributed by atoms with Gasteiger partial charge >= 0.3 is 6.18 Å². The molecule has 0 spiro atoms. The summed E-state index contributed by atoms with van der Waals surface area (Å²) in [7, 11) is -3.95. The number of anilines is 1. The van der Waals surface area contributed by atoms with Gasteiger partial charge in [0.1, 0.15) is 29.5 Å². The van der Waals surface area contributed by atoms with E-state index < -0.39 is 85.6 Å². The fourth-order valence-corrected chi connectivity index (χ4v) is 7.92. The van der Waals surface area contributed by atoms with Crippen LogP contribution < -0.4 is 20.1 Å². The second-order valence-corrected chi connectivity index (χ2v) is 16.6. The van der Waals surface area contributed by atoms with Crippen molar-refractivity contribution in [2.45, 2.75) is 89.0 Å². The van der Waals surface area contributed by atoms with Crippen molar-refractivity contribution >= 4 is 44.2 Å². The summed E-state index contributed by atoms with van der Waals surface area (Å²) in [4.78, 5) is 47.7. The number of pyridine rings is 1. The molecule has 2 aromatic carbocycles. The predicted molar refractivity (Wildman–Crippen MR) is 191 cm³/mol. The number of alkyl halides is 3. The van der Waals surface area contributed by atoms with Crippen molar-refractivity contribution in [1.82, 2.24) is 19.9 Å². The van der Waals surface area contributed by atoms with Crippen molar-refractivity contribution in [2.24, 2.45) is 11.3 Å². The molecule has 1 aromatic heterocycles. The molecule has 2 saturated carbocycles. The number of aromatic nitrogens is 1. The lowest BCUT2D eigenvalue weighted by Crippen LogP contribution is -2.58. The van der Waals surface area contributed by atoms with Gasteiger partial charge in [0.05, 0.1) is 17.4 Å². The molecule has 3 amide bonds. The first-order valence-electron chi connectivity index (χ1n) is 16.8. The van der Waals surface area contributed by atoms with Crippen LogP contribution in [0.15, 0.2) is 67.4 Å². The highest BCUT2D eigenvalue weighted by molar-refractivity contribution is 7.91. The van der Waals surface area contributed by atoms with Gasteiger partial charge < -0.3 is 20.3 Å². The summed E-state index contributed by atoms with van der Waals surface area (Å²) in [6, 6.07) is 8.94. The SMILES string of the molecule is C.C=C[C@@H]1C[C@]1(NC(=O)[C@@H]1C[C@@H](Oc2nccc3ccccc23)CN1C(=O)[C@@H](Nc1ccc(F)c(C(F)(F)F)c1)C(C)(C)C)C(=O)NS(=O)(=O)C1CC1. The van der Waals surface area contributed by atoms with E-state index >= 15 is 0 Å². The Kier molecular flexibility index (Phi) is 10.6. The maximum atomic E-state index is 14.5. The summed E-state index contributed by atoms with van der Waals surface area (Å²) in [6.07, 6.45) is -1.95. The van der Waals surface area contributed by atoms with E-state index in [0.29, 0.717) is 30.4 Å². The highest BCUT2D eigenvalue weighted by Gasteiger charge is 2.62. The van der Waals surface area contributed by atoms with Gasteiger partial charge in [0.2, 0.25) is 27.7 Å². The molecule has 11 nitrogen and oxygen atoms in total. The number of rotatable bonds is 11. The largest absolute Gasteiger partial charge is 0.472 e. The molecule has 3 N–H and O–H groups in total. The number of carbonyl (C=O) groups excluding carboxylic acids is 3. The third-order valence-electron chi connectivity index (χ3n) is 9.71. The Balaban J connectivity index is 0.00000541. The Bertz CT molecular complexity index is 2030. The average Bonchev–Trinajstić information content (AvgIpc) is 4.00. The lowest BCUT2D eigenvalue weighted by molar-refractivity contribution is -0.141. The minimum atomic E-state index is -4.99. The predicted octanol–water partition coefficient (Wildman–Crippen LogP) is 5.57. The van der Waals surface area contributed by atoms with Crippen molar-refractivity contribution in [3.05, 3.63) is 78.8 Å². The molecule has 1 saturated heterocycles. The van der Waals surface area contributed by atoms with Gasteiger partial charge in [0.15, 0.2) is 0 Å². The number of amides is 3. The van der Waals surface area contributed by atoms with Gasteiger partial charge in [-0.1, -0.05) is 52.5 Å². The summed E-state index contributed by atoms with van der Waals surface area (Å²) in [6.45, 7) is 8.60. The van der Waals surface area contributed by atoms with Crippen molar-refractivity contribution < 1.29 is 45.1 Å². The van der Waals surface area contributed by atoms with Crippen LogP contribution in [0.25, 0.3) is 10.8 Å². The minimum absolute atomic E-state index is 0. The van der Waals surface area contributed by atoms with Crippen LogP contribution in [0.5, 0.6) is 5.88 Å². The molecule has 286 valence electrons. The Labute approximate surface area is 305 Å².